The summed E-state index contributed by atoms with van der Waals surface area (Å²) < 4.78 is 65.0. The Morgan fingerprint density at radius 3 is 2.72 bits per heavy atom. The first-order valence-corrected chi connectivity index (χ1v) is 15.1. The molecular formula is C27H36FN7O3S. The number of nitrogens with one attached hydrogen (secondary N) is 1. The van der Waals surface area contributed by atoms with Crippen molar-refractivity contribution in [1.29, 1.82) is 0 Å². The van der Waals surface area contributed by atoms with E-state index in [9.17, 15) is 12.8 Å². The van der Waals surface area contributed by atoms with Crippen LogP contribution >= 0.6 is 0 Å². The highest BCUT2D eigenvalue weighted by molar-refractivity contribution is 7.90. The van der Waals surface area contributed by atoms with E-state index in [0.29, 0.717) is 30.7 Å². The van der Waals surface area contributed by atoms with Crippen LogP contribution in [-0.2, 0) is 14.6 Å². The number of aromatic nitrogens is 4. The molecule has 0 amide bonds. The lowest BCUT2D eigenvalue weighted by Gasteiger charge is -2.48. The predicted molar refractivity (Wildman–Crippen MR) is 151 cm³/mol. The van der Waals surface area contributed by atoms with E-state index in [0.717, 1.165) is 22.2 Å². The zero-order valence-corrected chi connectivity index (χ0v) is 23.3. The number of fused-ring (bicyclic) bond motifs is 1. The summed E-state index contributed by atoms with van der Waals surface area (Å²) in [5, 5.41) is 5.09. The van der Waals surface area contributed by atoms with E-state index in [1.165, 1.54) is 6.26 Å². The molecule has 3 aromatic rings. The van der Waals surface area contributed by atoms with Crippen molar-refractivity contribution in [1.82, 2.24) is 19.9 Å². The maximum Gasteiger partial charge on any atom is 0.227 e. The molecule has 10 nitrogen and oxygen atoms in total. The summed E-state index contributed by atoms with van der Waals surface area (Å²) in [5.41, 5.74) is 1.83. The fourth-order valence-electron chi connectivity index (χ4n) is 5.38. The van der Waals surface area contributed by atoms with E-state index in [-0.39, 0.29) is 36.6 Å². The van der Waals surface area contributed by atoms with Gasteiger partial charge in [0, 0.05) is 61.5 Å². The van der Waals surface area contributed by atoms with Gasteiger partial charge in [-0.1, -0.05) is 13.8 Å². The van der Waals surface area contributed by atoms with E-state index >= 15 is 0 Å². The second-order valence-corrected chi connectivity index (χ2v) is 13.0. The molecule has 2 saturated heterocycles. The smallest absolute Gasteiger partial charge is 0.227 e. The van der Waals surface area contributed by atoms with Gasteiger partial charge in [-0.2, -0.15) is 4.98 Å². The Hall–Kier alpha value is -3.12. The van der Waals surface area contributed by atoms with Crippen LogP contribution in [0, 0.1) is 5.92 Å². The highest BCUT2D eigenvalue weighted by Gasteiger charge is 2.38. The normalized spacial score (nSPS) is 25.2. The molecule has 4 atom stereocenters. The Labute approximate surface area is 233 Å². The molecule has 5 rings (SSSR count). The van der Waals surface area contributed by atoms with Crippen molar-refractivity contribution < 1.29 is 21.7 Å². The van der Waals surface area contributed by atoms with Gasteiger partial charge in [0.05, 0.1) is 40.1 Å². The second kappa shape index (κ2) is 10.8. The number of hydrogen-bond acceptors (Lipinski definition) is 10. The Morgan fingerprint density at radius 2 is 2.03 bits per heavy atom. The molecule has 0 radical (unpaired) electrons. The molecule has 1 N–H and O–H groups in total. The highest BCUT2D eigenvalue weighted by Crippen LogP contribution is 2.38. The summed E-state index contributed by atoms with van der Waals surface area (Å²) in [5.74, 6) is 1.71. The number of nitrogens with zero attached hydrogens (tertiary/aromatic N) is 6. The van der Waals surface area contributed by atoms with Crippen LogP contribution in [0.25, 0.3) is 10.8 Å². The van der Waals surface area contributed by atoms with Crippen LogP contribution in [0.1, 0.15) is 42.9 Å². The monoisotopic (exact) mass is 560 g/mol. The zero-order valence-electron chi connectivity index (χ0n) is 25.5. The molecule has 3 aromatic heterocycles. The first-order chi connectivity index (χ1) is 19.7. The average Bonchev–Trinajstić information content (AvgIpc) is 2.90. The van der Waals surface area contributed by atoms with Crippen LogP contribution in [0.5, 0.6) is 0 Å². The molecule has 2 aliphatic heterocycles. The summed E-state index contributed by atoms with van der Waals surface area (Å²) in [6.07, 6.45) is 4.19. The van der Waals surface area contributed by atoms with Crippen LogP contribution < -0.4 is 15.1 Å². The minimum Gasteiger partial charge on any atom is -0.378 e. The number of piperidine rings is 1. The number of hydrogen-bond donors (Lipinski definition) is 1. The number of ether oxygens (including phenoxy) is 1. The topological polar surface area (TPSA) is 113 Å². The van der Waals surface area contributed by atoms with Gasteiger partial charge in [-0.3, -0.25) is 4.98 Å². The number of alkyl halides is 1. The molecule has 0 aliphatic carbocycles. The van der Waals surface area contributed by atoms with Crippen LogP contribution in [0.2, 0.25) is 0 Å². The van der Waals surface area contributed by atoms with E-state index in [1.54, 1.807) is 23.4 Å². The standard InChI is InChI=1S/C27H36FN7O3S/c1-16(2)26-19-10-25(32-24-6-8-29-27(33-24)34-9-7-23(38-4)21(28)14-34)30-11-20(19)22(12-31-26)35-13-18(17(35)3)15-39(5,36)37/h6,8,10-12,16-18,21,23H,7,9,13-15H2,1-5H3,(H,29,30,32,33)/t17-,18-,21+,23-/m1/s1/i4D3. The highest BCUT2D eigenvalue weighted by atomic mass is 32.2. The lowest BCUT2D eigenvalue weighted by Crippen LogP contribution is -2.57. The molecule has 210 valence electrons. The van der Waals surface area contributed by atoms with Crippen molar-refractivity contribution in [2.45, 2.75) is 51.4 Å². The van der Waals surface area contributed by atoms with Crippen molar-refractivity contribution in [3.05, 3.63) is 36.4 Å². The number of pyridine rings is 2. The summed E-state index contributed by atoms with van der Waals surface area (Å²) in [6.45, 7) is 7.09. The summed E-state index contributed by atoms with van der Waals surface area (Å²) in [6, 6.07) is 3.67. The quantitative estimate of drug-likeness (QED) is 0.437. The molecular weight excluding hydrogens is 521 g/mol. The maximum absolute atomic E-state index is 14.7. The lowest BCUT2D eigenvalue weighted by molar-refractivity contribution is 0.0194. The van der Waals surface area contributed by atoms with Crippen LogP contribution in [0.3, 0.4) is 0 Å². The number of methoxy groups -OCH3 is 1. The number of halogens is 1. The third-order valence-corrected chi connectivity index (χ3v) is 8.61. The Morgan fingerprint density at radius 1 is 1.21 bits per heavy atom. The van der Waals surface area contributed by atoms with Crippen LogP contribution in [-0.4, -0.2) is 85.4 Å². The minimum atomic E-state index is -3.06. The molecule has 2 fully saturated rings. The van der Waals surface area contributed by atoms with E-state index < -0.39 is 29.2 Å². The van der Waals surface area contributed by atoms with Gasteiger partial charge in [-0.05, 0) is 31.4 Å². The van der Waals surface area contributed by atoms with E-state index in [2.05, 4.69) is 39.0 Å². The Balaban J connectivity index is 1.35. The second-order valence-electron chi connectivity index (χ2n) is 10.8. The van der Waals surface area contributed by atoms with Crippen LogP contribution in [0.4, 0.5) is 27.7 Å². The molecule has 12 heteroatoms. The predicted octanol–water partition coefficient (Wildman–Crippen LogP) is 3.72. The van der Waals surface area contributed by atoms with Crippen molar-refractivity contribution in [2.24, 2.45) is 5.92 Å². The van der Waals surface area contributed by atoms with Gasteiger partial charge in [0.2, 0.25) is 5.95 Å². The lowest BCUT2D eigenvalue weighted by atomic mass is 9.90. The zero-order chi connectivity index (χ0) is 30.4. The van der Waals surface area contributed by atoms with Gasteiger partial charge >= 0.3 is 0 Å². The van der Waals surface area contributed by atoms with E-state index in [1.807, 2.05) is 19.2 Å². The van der Waals surface area contributed by atoms with Gasteiger partial charge in [-0.25, -0.2) is 22.8 Å². The number of rotatable bonds is 8. The van der Waals surface area contributed by atoms with Gasteiger partial charge in [0.25, 0.3) is 0 Å². The third-order valence-electron chi connectivity index (χ3n) is 7.57. The first-order valence-electron chi connectivity index (χ1n) is 14.6. The SMILES string of the molecule is [2H]C([2H])([2H])O[C@@H]1CCN(c2nccc(Nc3cc4c(C(C)C)ncc(N5C[C@H](CS(C)(=O)=O)[C@H]5C)c4cn3)n2)C[C@@H]1F. The molecule has 39 heavy (non-hydrogen) atoms. The molecule has 0 aromatic carbocycles. The molecule has 5 heterocycles. The fourth-order valence-corrected chi connectivity index (χ4v) is 6.55. The van der Waals surface area contributed by atoms with Gasteiger partial charge < -0.3 is 19.9 Å². The van der Waals surface area contributed by atoms with Crippen LogP contribution in [0.15, 0.2) is 30.7 Å². The minimum absolute atomic E-state index is 0.0564. The number of anilines is 4. The Bertz CT molecular complexity index is 1560. The van der Waals surface area contributed by atoms with Gasteiger partial charge in [0.1, 0.15) is 27.6 Å². The van der Waals surface area contributed by atoms with E-state index in [4.69, 9.17) is 13.8 Å². The summed E-state index contributed by atoms with van der Waals surface area (Å²) >= 11 is 0. The molecule has 0 saturated carbocycles. The van der Waals surface area contributed by atoms with Crippen molar-refractivity contribution in [3.8, 4) is 0 Å². The first kappa shape index (κ1) is 23.7. The van der Waals surface area contributed by atoms with Crippen molar-refractivity contribution in [2.75, 3.05) is 53.8 Å². The van der Waals surface area contributed by atoms with Crippen molar-refractivity contribution in [3.63, 3.8) is 0 Å². The largest absolute Gasteiger partial charge is 0.378 e. The Kier molecular flexibility index (Phi) is 6.58. The summed E-state index contributed by atoms with van der Waals surface area (Å²) in [4.78, 5) is 22.1. The van der Waals surface area contributed by atoms with Crippen molar-refractivity contribution >= 4 is 43.9 Å². The fraction of sp³-hybridized carbons (Fsp3) is 0.556. The van der Waals surface area contributed by atoms with Gasteiger partial charge in [0.15, 0.2) is 0 Å². The maximum atomic E-state index is 14.7. The average molecular weight is 561 g/mol. The van der Waals surface area contributed by atoms with Gasteiger partial charge in [-0.15, -0.1) is 0 Å². The molecule has 2 aliphatic rings. The molecule has 0 bridgehead atoms. The molecule has 0 spiro atoms. The summed E-state index contributed by atoms with van der Waals surface area (Å²) in [7, 11) is -5.71. The number of sulfone groups is 1. The molecule has 0 unspecified atom stereocenters. The third kappa shape index (κ3) is 5.76.